The van der Waals surface area contributed by atoms with E-state index in [1.54, 1.807) is 6.07 Å². The third kappa shape index (κ3) is 5.67. The van der Waals surface area contributed by atoms with Gasteiger partial charge in [-0.3, -0.25) is 0 Å². The van der Waals surface area contributed by atoms with Gasteiger partial charge in [-0.25, -0.2) is 9.59 Å². The number of hydrogen-bond donors (Lipinski definition) is 1. The van der Waals surface area contributed by atoms with Crippen LogP contribution in [0.3, 0.4) is 0 Å². The number of hydrogen-bond acceptors (Lipinski definition) is 6. The lowest BCUT2D eigenvalue weighted by atomic mass is 9.78. The SMILES string of the molecule is CCOC(=O)C1=C(C(F)(F)F)NC(C(F)(F)F)=C(C(=O)OCC)C1C(OC)c1ccccc1. The van der Waals surface area contributed by atoms with E-state index in [1.807, 2.05) is 0 Å². The fourth-order valence-corrected chi connectivity index (χ4v) is 3.45. The van der Waals surface area contributed by atoms with Crippen molar-refractivity contribution in [2.24, 2.45) is 5.92 Å². The van der Waals surface area contributed by atoms with Crippen molar-refractivity contribution in [1.29, 1.82) is 0 Å². The van der Waals surface area contributed by atoms with Crippen LogP contribution in [0, 0.1) is 5.92 Å². The topological polar surface area (TPSA) is 73.9 Å². The fraction of sp³-hybridized carbons (Fsp3) is 0.429. The monoisotopic (exact) mass is 481 g/mol. The summed E-state index contributed by atoms with van der Waals surface area (Å²) in [5.74, 6) is -5.25. The Morgan fingerprint density at radius 2 is 1.30 bits per heavy atom. The summed E-state index contributed by atoms with van der Waals surface area (Å²) in [6.45, 7) is 1.89. The minimum Gasteiger partial charge on any atom is -0.463 e. The highest BCUT2D eigenvalue weighted by Crippen LogP contribution is 2.47. The summed E-state index contributed by atoms with van der Waals surface area (Å²) in [5, 5.41) is 1.22. The molecule has 0 aromatic heterocycles. The van der Waals surface area contributed by atoms with Gasteiger partial charge in [-0.2, -0.15) is 26.3 Å². The number of dihydropyridines is 1. The Labute approximate surface area is 185 Å². The number of ether oxygens (including phenoxy) is 3. The molecule has 1 aromatic carbocycles. The zero-order chi connectivity index (χ0) is 25.0. The maximum absolute atomic E-state index is 13.9. The predicted molar refractivity (Wildman–Crippen MR) is 102 cm³/mol. The average molecular weight is 481 g/mol. The van der Waals surface area contributed by atoms with Gasteiger partial charge >= 0.3 is 24.3 Å². The Kier molecular flexibility index (Phi) is 8.17. The van der Waals surface area contributed by atoms with Gasteiger partial charge < -0.3 is 19.5 Å². The van der Waals surface area contributed by atoms with Crippen LogP contribution in [-0.4, -0.2) is 44.6 Å². The molecule has 1 unspecified atom stereocenters. The van der Waals surface area contributed by atoms with E-state index in [4.69, 9.17) is 14.2 Å². The molecule has 0 fully saturated rings. The minimum atomic E-state index is -5.42. The van der Waals surface area contributed by atoms with Crippen LogP contribution in [0.2, 0.25) is 0 Å². The highest BCUT2D eigenvalue weighted by Gasteiger charge is 2.55. The van der Waals surface area contributed by atoms with Crippen LogP contribution in [-0.2, 0) is 23.8 Å². The van der Waals surface area contributed by atoms with Crippen LogP contribution in [0.15, 0.2) is 52.9 Å². The van der Waals surface area contributed by atoms with Crippen LogP contribution in [0.25, 0.3) is 0 Å². The van der Waals surface area contributed by atoms with Gasteiger partial charge in [0.1, 0.15) is 11.4 Å². The lowest BCUT2D eigenvalue weighted by Crippen LogP contribution is -2.45. The molecule has 0 aliphatic carbocycles. The summed E-state index contributed by atoms with van der Waals surface area (Å²) in [5.41, 5.74) is -6.32. The Morgan fingerprint density at radius 3 is 1.64 bits per heavy atom. The van der Waals surface area contributed by atoms with Gasteiger partial charge in [-0.1, -0.05) is 30.3 Å². The van der Waals surface area contributed by atoms with Crippen LogP contribution in [0.4, 0.5) is 26.3 Å². The number of nitrogens with one attached hydrogen (secondary N) is 1. The molecule has 2 rings (SSSR count). The number of allylic oxidation sites excluding steroid dienone is 2. The van der Waals surface area contributed by atoms with E-state index in [2.05, 4.69) is 0 Å². The third-order valence-electron chi connectivity index (χ3n) is 4.65. The molecule has 1 N–H and O–H groups in total. The predicted octanol–water partition coefficient (Wildman–Crippen LogP) is 4.35. The number of methoxy groups -OCH3 is 1. The van der Waals surface area contributed by atoms with Crippen LogP contribution < -0.4 is 5.32 Å². The normalized spacial score (nSPS) is 16.4. The van der Waals surface area contributed by atoms with Gasteiger partial charge in [-0.05, 0) is 19.4 Å². The number of carbonyl (C=O) groups is 2. The molecule has 1 aromatic rings. The number of carbonyl (C=O) groups excluding carboxylic acids is 2. The van der Waals surface area contributed by atoms with E-state index < -0.39 is 58.9 Å². The van der Waals surface area contributed by atoms with E-state index in [0.717, 1.165) is 7.11 Å². The second-order valence-electron chi connectivity index (χ2n) is 6.68. The first-order chi connectivity index (χ1) is 15.4. The maximum Gasteiger partial charge on any atom is 0.431 e. The third-order valence-corrected chi connectivity index (χ3v) is 4.65. The number of benzene rings is 1. The lowest BCUT2D eigenvalue weighted by molar-refractivity contribution is -0.146. The molecule has 0 saturated heterocycles. The van der Waals surface area contributed by atoms with Gasteiger partial charge in [0.05, 0.1) is 36.4 Å². The number of esters is 2. The first-order valence-electron chi connectivity index (χ1n) is 9.70. The Bertz CT molecular complexity index is 885. The molecule has 1 aliphatic heterocycles. The number of alkyl halides is 6. The lowest BCUT2D eigenvalue weighted by Gasteiger charge is -2.36. The molecule has 0 spiro atoms. The average Bonchev–Trinajstić information content (AvgIpc) is 2.73. The summed E-state index contributed by atoms with van der Waals surface area (Å²) in [4.78, 5) is 25.3. The number of rotatable bonds is 7. The van der Waals surface area contributed by atoms with E-state index in [9.17, 15) is 35.9 Å². The smallest absolute Gasteiger partial charge is 0.431 e. The van der Waals surface area contributed by atoms with Crippen molar-refractivity contribution in [3.05, 3.63) is 58.4 Å². The van der Waals surface area contributed by atoms with Crippen molar-refractivity contribution in [3.8, 4) is 0 Å². The van der Waals surface area contributed by atoms with Gasteiger partial charge in [0.2, 0.25) is 0 Å². The Balaban J connectivity index is 2.97. The largest absolute Gasteiger partial charge is 0.463 e. The molecule has 0 amide bonds. The first kappa shape index (κ1) is 26.2. The summed E-state index contributed by atoms with van der Waals surface area (Å²) >= 11 is 0. The van der Waals surface area contributed by atoms with Crippen molar-refractivity contribution in [1.82, 2.24) is 5.32 Å². The minimum absolute atomic E-state index is 0.124. The van der Waals surface area contributed by atoms with Crippen LogP contribution >= 0.6 is 0 Å². The highest BCUT2D eigenvalue weighted by molar-refractivity contribution is 5.98. The molecule has 1 atom stereocenters. The number of halogens is 6. The van der Waals surface area contributed by atoms with E-state index in [1.165, 1.54) is 43.4 Å². The highest BCUT2D eigenvalue weighted by atomic mass is 19.4. The van der Waals surface area contributed by atoms with E-state index >= 15 is 0 Å². The Morgan fingerprint density at radius 1 is 0.879 bits per heavy atom. The van der Waals surface area contributed by atoms with Gasteiger partial charge in [0, 0.05) is 7.11 Å². The van der Waals surface area contributed by atoms with Gasteiger partial charge in [0.25, 0.3) is 0 Å². The first-order valence-corrected chi connectivity index (χ1v) is 9.70. The van der Waals surface area contributed by atoms with Crippen molar-refractivity contribution in [2.75, 3.05) is 20.3 Å². The second-order valence-corrected chi connectivity index (χ2v) is 6.68. The van der Waals surface area contributed by atoms with E-state index in [-0.39, 0.29) is 18.8 Å². The van der Waals surface area contributed by atoms with Gasteiger partial charge in [-0.15, -0.1) is 0 Å². The van der Waals surface area contributed by atoms with E-state index in [0.29, 0.717) is 0 Å². The summed E-state index contributed by atoms with van der Waals surface area (Å²) < 4.78 is 98.1. The van der Waals surface area contributed by atoms with Crippen LogP contribution in [0.5, 0.6) is 0 Å². The van der Waals surface area contributed by atoms with Crippen molar-refractivity contribution < 1.29 is 50.1 Å². The summed E-state index contributed by atoms with van der Waals surface area (Å²) in [7, 11) is 1.03. The molecule has 33 heavy (non-hydrogen) atoms. The zero-order valence-corrected chi connectivity index (χ0v) is 17.8. The zero-order valence-electron chi connectivity index (χ0n) is 17.8. The quantitative estimate of drug-likeness (QED) is 0.461. The van der Waals surface area contributed by atoms with Crippen molar-refractivity contribution in [2.45, 2.75) is 32.3 Å². The summed E-state index contributed by atoms with van der Waals surface area (Å²) in [6.07, 6.45) is -12.4. The molecule has 0 saturated carbocycles. The molecular formula is C21H21F6NO5. The molecule has 1 heterocycles. The molecule has 12 heteroatoms. The molecule has 0 bridgehead atoms. The van der Waals surface area contributed by atoms with Gasteiger partial charge in [0.15, 0.2) is 0 Å². The van der Waals surface area contributed by atoms with Crippen molar-refractivity contribution in [3.63, 3.8) is 0 Å². The molecule has 0 radical (unpaired) electrons. The molecular weight excluding hydrogens is 460 g/mol. The second kappa shape index (κ2) is 10.3. The standard InChI is InChI=1S/C21H21F6NO5/c1-4-32-18(29)13-12(15(31-3)11-9-7-6-8-10-11)14(19(30)33-5-2)17(21(25,26)27)28-16(13)20(22,23)24/h6-10,12,15,28H,4-5H2,1-3H3. The molecule has 1 aliphatic rings. The summed E-state index contributed by atoms with van der Waals surface area (Å²) in [6, 6.07) is 7.26. The fourth-order valence-electron chi connectivity index (χ4n) is 3.45. The van der Waals surface area contributed by atoms with Crippen molar-refractivity contribution >= 4 is 11.9 Å². The maximum atomic E-state index is 13.9. The van der Waals surface area contributed by atoms with Crippen LogP contribution in [0.1, 0.15) is 25.5 Å². The molecule has 6 nitrogen and oxygen atoms in total. The Hall–Kier alpha value is -3.02. The molecule has 182 valence electrons.